The van der Waals surface area contributed by atoms with E-state index in [-0.39, 0.29) is 5.69 Å². The first kappa shape index (κ1) is 13.8. The first-order valence-corrected chi connectivity index (χ1v) is 8.23. The molecule has 0 saturated heterocycles. The molecule has 0 radical (unpaired) electrons. The van der Waals surface area contributed by atoms with E-state index in [9.17, 15) is 9.36 Å². The number of hydrogen-bond donors (Lipinski definition) is 2. The summed E-state index contributed by atoms with van der Waals surface area (Å²) in [5.41, 5.74) is 1.78. The molecule has 1 atom stereocenters. The largest absolute Gasteiger partial charge is 0.477 e. The van der Waals surface area contributed by atoms with Gasteiger partial charge >= 0.3 is 5.97 Å². The molecule has 102 valence electrons. The molecular formula is C13H16NO4P. The van der Waals surface area contributed by atoms with Crippen LogP contribution in [0, 0.1) is 0 Å². The standard InChI is InChI=1S/C13H16NO4P/c1-3-18-19(2,17)8-9-4-5-11-10(6-9)7-12(14-11)13(15)16/h4-7,14H,3,8H2,1-2H3,(H,15,16). The van der Waals surface area contributed by atoms with Crippen LogP contribution in [0.25, 0.3) is 10.9 Å². The summed E-state index contributed by atoms with van der Waals surface area (Å²) >= 11 is 0. The van der Waals surface area contributed by atoms with Crippen LogP contribution in [0.5, 0.6) is 0 Å². The van der Waals surface area contributed by atoms with Crippen molar-refractivity contribution >= 4 is 24.2 Å². The summed E-state index contributed by atoms with van der Waals surface area (Å²) in [7, 11) is -2.63. The van der Waals surface area contributed by atoms with Crippen molar-refractivity contribution in [3.8, 4) is 0 Å². The minimum absolute atomic E-state index is 0.150. The molecule has 0 aliphatic carbocycles. The zero-order chi connectivity index (χ0) is 14.0. The maximum atomic E-state index is 12.1. The minimum Gasteiger partial charge on any atom is -0.477 e. The van der Waals surface area contributed by atoms with E-state index in [1.54, 1.807) is 18.8 Å². The predicted molar refractivity (Wildman–Crippen MR) is 74.1 cm³/mol. The van der Waals surface area contributed by atoms with E-state index < -0.39 is 13.3 Å². The van der Waals surface area contributed by atoms with Crippen molar-refractivity contribution in [2.45, 2.75) is 13.1 Å². The molecule has 1 aromatic carbocycles. The van der Waals surface area contributed by atoms with E-state index in [1.807, 2.05) is 19.1 Å². The molecule has 0 fully saturated rings. The molecule has 0 aliphatic heterocycles. The molecule has 0 amide bonds. The van der Waals surface area contributed by atoms with Gasteiger partial charge in [-0.05, 0) is 30.7 Å². The molecular weight excluding hydrogens is 265 g/mol. The lowest BCUT2D eigenvalue weighted by molar-refractivity contribution is 0.0691. The van der Waals surface area contributed by atoms with E-state index in [2.05, 4.69) is 4.98 Å². The van der Waals surface area contributed by atoms with Crippen LogP contribution in [0.3, 0.4) is 0 Å². The Morgan fingerprint density at radius 1 is 1.42 bits per heavy atom. The van der Waals surface area contributed by atoms with Crippen LogP contribution in [0.2, 0.25) is 0 Å². The highest BCUT2D eigenvalue weighted by Crippen LogP contribution is 2.46. The lowest BCUT2D eigenvalue weighted by atomic mass is 10.2. The van der Waals surface area contributed by atoms with Crippen molar-refractivity contribution in [3.05, 3.63) is 35.5 Å². The number of nitrogens with one attached hydrogen (secondary N) is 1. The number of H-pyrrole nitrogens is 1. The Kier molecular flexibility index (Phi) is 3.78. The lowest BCUT2D eigenvalue weighted by Gasteiger charge is -2.12. The van der Waals surface area contributed by atoms with Crippen LogP contribution >= 0.6 is 7.37 Å². The number of carboxylic acids is 1. The molecule has 0 aliphatic rings. The van der Waals surface area contributed by atoms with Gasteiger partial charge in [-0.25, -0.2) is 4.79 Å². The number of carboxylic acid groups (broad SMARTS) is 1. The van der Waals surface area contributed by atoms with Crippen molar-refractivity contribution in [3.63, 3.8) is 0 Å². The van der Waals surface area contributed by atoms with Crippen LogP contribution in [-0.2, 0) is 15.3 Å². The summed E-state index contributed by atoms with van der Waals surface area (Å²) in [4.78, 5) is 13.7. The molecule has 19 heavy (non-hydrogen) atoms. The first-order chi connectivity index (χ1) is 8.91. The number of aromatic amines is 1. The summed E-state index contributed by atoms with van der Waals surface area (Å²) in [6, 6.07) is 7.04. The van der Waals surface area contributed by atoms with E-state index in [0.29, 0.717) is 12.8 Å². The van der Waals surface area contributed by atoms with E-state index in [4.69, 9.17) is 9.63 Å². The third kappa shape index (κ3) is 3.25. The molecule has 2 N–H and O–H groups in total. The Morgan fingerprint density at radius 2 is 2.16 bits per heavy atom. The average molecular weight is 281 g/mol. The van der Waals surface area contributed by atoms with E-state index in [0.717, 1.165) is 16.5 Å². The number of rotatable bonds is 5. The van der Waals surface area contributed by atoms with Gasteiger partial charge in [0.05, 0.1) is 6.61 Å². The second kappa shape index (κ2) is 5.19. The molecule has 1 aromatic heterocycles. The lowest BCUT2D eigenvalue weighted by Crippen LogP contribution is -1.94. The Balaban J connectivity index is 2.31. The Bertz CT molecular complexity index is 662. The third-order valence-corrected chi connectivity index (χ3v) is 4.53. The zero-order valence-corrected chi connectivity index (χ0v) is 11.7. The Morgan fingerprint density at radius 3 is 2.79 bits per heavy atom. The number of hydrogen-bond acceptors (Lipinski definition) is 3. The maximum Gasteiger partial charge on any atom is 0.352 e. The fourth-order valence-corrected chi connectivity index (χ4v) is 3.54. The molecule has 1 heterocycles. The topological polar surface area (TPSA) is 79.4 Å². The normalized spacial score (nSPS) is 14.4. The molecule has 2 aromatic rings. The fourth-order valence-electron chi connectivity index (χ4n) is 2.05. The number of benzene rings is 1. The highest BCUT2D eigenvalue weighted by Gasteiger charge is 2.16. The number of fused-ring (bicyclic) bond motifs is 1. The van der Waals surface area contributed by atoms with Crippen molar-refractivity contribution in [1.29, 1.82) is 0 Å². The van der Waals surface area contributed by atoms with Crippen LogP contribution in [0.4, 0.5) is 0 Å². The van der Waals surface area contributed by atoms with Gasteiger partial charge in [0.2, 0.25) is 7.37 Å². The van der Waals surface area contributed by atoms with Crippen molar-refractivity contribution < 1.29 is 19.0 Å². The highest BCUT2D eigenvalue weighted by molar-refractivity contribution is 7.57. The van der Waals surface area contributed by atoms with Crippen LogP contribution in [0.15, 0.2) is 24.3 Å². The van der Waals surface area contributed by atoms with Gasteiger partial charge in [-0.3, -0.25) is 4.57 Å². The highest BCUT2D eigenvalue weighted by atomic mass is 31.2. The average Bonchev–Trinajstić information content (AvgIpc) is 2.71. The number of carbonyl (C=O) groups is 1. The third-order valence-electron chi connectivity index (χ3n) is 2.79. The molecule has 0 spiro atoms. The maximum absolute atomic E-state index is 12.1. The van der Waals surface area contributed by atoms with Gasteiger partial charge in [-0.15, -0.1) is 0 Å². The Labute approximate surface area is 111 Å². The van der Waals surface area contributed by atoms with Gasteiger partial charge in [0.15, 0.2) is 0 Å². The minimum atomic E-state index is -2.63. The second-order valence-corrected chi connectivity index (χ2v) is 7.10. The molecule has 0 saturated carbocycles. The Hall–Kier alpha value is -1.58. The summed E-state index contributed by atoms with van der Waals surface area (Å²) in [6.07, 6.45) is 0.352. The number of aromatic carboxylic acids is 1. The monoisotopic (exact) mass is 281 g/mol. The van der Waals surface area contributed by atoms with Gasteiger partial charge in [-0.2, -0.15) is 0 Å². The smallest absolute Gasteiger partial charge is 0.352 e. The summed E-state index contributed by atoms with van der Waals surface area (Å²) in [5, 5.41) is 9.71. The molecule has 1 unspecified atom stereocenters. The molecule has 6 heteroatoms. The number of aromatic nitrogens is 1. The van der Waals surface area contributed by atoms with Crippen molar-refractivity contribution in [2.75, 3.05) is 13.3 Å². The first-order valence-electron chi connectivity index (χ1n) is 5.97. The van der Waals surface area contributed by atoms with Gasteiger partial charge in [0, 0.05) is 23.7 Å². The summed E-state index contributed by atoms with van der Waals surface area (Å²) in [6.45, 7) is 3.84. The molecule has 5 nitrogen and oxygen atoms in total. The van der Waals surface area contributed by atoms with Gasteiger partial charge in [0.1, 0.15) is 5.69 Å². The zero-order valence-electron chi connectivity index (χ0n) is 10.8. The predicted octanol–water partition coefficient (Wildman–Crippen LogP) is 3.31. The second-order valence-electron chi connectivity index (χ2n) is 4.50. The van der Waals surface area contributed by atoms with Gasteiger partial charge in [-0.1, -0.05) is 6.07 Å². The van der Waals surface area contributed by atoms with Crippen molar-refractivity contribution in [1.82, 2.24) is 4.98 Å². The summed E-state index contributed by atoms with van der Waals surface area (Å²) in [5.74, 6) is -0.992. The van der Waals surface area contributed by atoms with Crippen LogP contribution in [-0.4, -0.2) is 29.3 Å². The van der Waals surface area contributed by atoms with Gasteiger partial charge in [0.25, 0.3) is 0 Å². The van der Waals surface area contributed by atoms with Crippen LogP contribution < -0.4 is 0 Å². The van der Waals surface area contributed by atoms with E-state index >= 15 is 0 Å². The quantitative estimate of drug-likeness (QED) is 0.824. The SMILES string of the molecule is CCOP(C)(=O)Cc1ccc2[nH]c(C(=O)O)cc2c1. The fraction of sp³-hybridized carbons (Fsp3) is 0.308. The molecule has 0 bridgehead atoms. The molecule has 2 rings (SSSR count). The van der Waals surface area contributed by atoms with E-state index in [1.165, 1.54) is 0 Å². The van der Waals surface area contributed by atoms with Crippen molar-refractivity contribution in [2.24, 2.45) is 0 Å². The van der Waals surface area contributed by atoms with Crippen LogP contribution in [0.1, 0.15) is 23.0 Å². The van der Waals surface area contributed by atoms with Gasteiger partial charge < -0.3 is 14.6 Å². The summed E-state index contributed by atoms with van der Waals surface area (Å²) < 4.78 is 17.4.